The van der Waals surface area contributed by atoms with Crippen LogP contribution in [0.3, 0.4) is 0 Å². The van der Waals surface area contributed by atoms with Gasteiger partial charge in [0, 0.05) is 0 Å². The summed E-state index contributed by atoms with van der Waals surface area (Å²) in [6.45, 7) is 0. The fourth-order valence-corrected chi connectivity index (χ4v) is 0.0913. The first-order chi connectivity index (χ1) is 3.12. The molecule has 1 atom stereocenters. The fraction of sp³-hybridized carbons (Fsp3) is 1.00. The average Bonchev–Trinajstić information content (AvgIpc) is 1.68. The van der Waals surface area contributed by atoms with Gasteiger partial charge in [-0.1, -0.05) is 0 Å². The van der Waals surface area contributed by atoms with Crippen LogP contribution in [0.15, 0.2) is 0 Å². The maximum atomic E-state index is 10.0. The summed E-state index contributed by atoms with van der Waals surface area (Å²) in [5.41, 5.74) is 0. The summed E-state index contributed by atoms with van der Waals surface area (Å²) in [6, 6.07) is 0. The molecule has 0 aliphatic rings. The van der Waals surface area contributed by atoms with E-state index in [9.17, 15) is 4.21 Å². The van der Waals surface area contributed by atoms with Gasteiger partial charge in [0.25, 0.3) is 0 Å². The Hall–Kier alpha value is 0.549. The molecule has 0 saturated heterocycles. The second-order valence-electron chi connectivity index (χ2n) is 0.596. The van der Waals surface area contributed by atoms with Crippen molar-refractivity contribution < 1.29 is 32.4 Å². The van der Waals surface area contributed by atoms with Crippen molar-refractivity contribution >= 4 is 8.42 Å². The van der Waals surface area contributed by atoms with Crippen LogP contribution in [-0.2, 0) is 31.3 Å². The molecule has 1 unspecified atom stereocenters. The Morgan fingerprint density at radius 3 is 2.29 bits per heavy atom. The standard InChI is InChI=1S/CH4O4S.Cu/c1-4-6(3)5-2;/h2H,1H3;. The van der Waals surface area contributed by atoms with Crippen molar-refractivity contribution in [1.29, 1.82) is 0 Å². The molecule has 0 aliphatic carbocycles. The van der Waals surface area contributed by atoms with Gasteiger partial charge in [-0.3, -0.25) is 0 Å². The van der Waals surface area contributed by atoms with Gasteiger partial charge in [0.2, 0.25) is 0 Å². The molecule has 4 nitrogen and oxygen atoms in total. The molecule has 0 radical (unpaired) electrons. The van der Waals surface area contributed by atoms with E-state index in [0.717, 1.165) is 7.11 Å². The molecule has 0 fully saturated rings. The van der Waals surface area contributed by atoms with E-state index in [1.165, 1.54) is 0 Å². The minimum atomic E-state index is -3.29. The maximum absolute atomic E-state index is 10.0. The molecule has 7 heavy (non-hydrogen) atoms. The van der Waals surface area contributed by atoms with E-state index in [4.69, 9.17) is 5.26 Å². The van der Waals surface area contributed by atoms with Crippen LogP contribution in [0.5, 0.6) is 0 Å². The van der Waals surface area contributed by atoms with Crippen LogP contribution in [0.4, 0.5) is 0 Å². The van der Waals surface area contributed by atoms with Gasteiger partial charge < -0.3 is 0 Å². The van der Waals surface area contributed by atoms with Crippen LogP contribution in [0.2, 0.25) is 0 Å². The van der Waals surface area contributed by atoms with Gasteiger partial charge in [-0.15, -0.1) is 0 Å². The average molecular weight is 176 g/mol. The van der Waals surface area contributed by atoms with Crippen molar-refractivity contribution in [1.82, 2.24) is 0 Å². The first-order valence-corrected chi connectivity index (χ1v) is 3.61. The summed E-state index contributed by atoms with van der Waals surface area (Å²) in [7, 11) is -2.22. The summed E-state index contributed by atoms with van der Waals surface area (Å²) in [5.74, 6) is 0. The van der Waals surface area contributed by atoms with Gasteiger partial charge in [0.05, 0.1) is 0 Å². The summed E-state index contributed by atoms with van der Waals surface area (Å²) < 4.78 is 17.2. The van der Waals surface area contributed by atoms with Crippen LogP contribution in [0, 0.1) is 0 Å². The molecule has 0 rings (SSSR count). The molecule has 0 saturated carbocycles. The summed E-state index contributed by atoms with van der Waals surface area (Å²) in [4.78, 5) is 0. The first-order valence-electron chi connectivity index (χ1n) is 1.21. The van der Waals surface area contributed by atoms with Crippen LogP contribution >= 0.6 is 0 Å². The fourth-order valence-electron chi connectivity index (χ4n) is 0.0304. The molecule has 1 N–H and O–H groups in total. The summed E-state index contributed by atoms with van der Waals surface area (Å²) >= 11 is 4.12. The van der Waals surface area contributed by atoms with Gasteiger partial charge in [-0.2, -0.15) is 0 Å². The van der Waals surface area contributed by atoms with Gasteiger partial charge in [-0.25, -0.2) is 0 Å². The van der Waals surface area contributed by atoms with E-state index in [0.29, 0.717) is 0 Å². The Bertz CT molecular complexity index is 115. The second-order valence-corrected chi connectivity index (χ2v) is 3.20. The van der Waals surface area contributed by atoms with Crippen LogP contribution in [0.1, 0.15) is 0 Å². The van der Waals surface area contributed by atoms with E-state index in [1.54, 1.807) is 0 Å². The van der Waals surface area contributed by atoms with E-state index in [2.05, 4.69) is 22.9 Å². The molecular weight excluding hydrogens is 172 g/mol. The molecule has 0 spiro atoms. The van der Waals surface area contributed by atoms with Crippen molar-refractivity contribution in [3.05, 3.63) is 0 Å². The number of rotatable bonds is 2. The molecule has 49 valence electrons. The normalized spacial score (nSPS) is 18.9. The predicted octanol–water partition coefficient (Wildman–Crippen LogP) is -0.301. The summed E-state index contributed by atoms with van der Waals surface area (Å²) in [5, 5.41) is 7.58. The van der Waals surface area contributed by atoms with E-state index < -0.39 is 8.42 Å². The zero-order chi connectivity index (χ0) is 5.91. The third-order valence-corrected chi connectivity index (χ3v) is 1.49. The molecule has 0 amide bonds. The minimum absolute atomic E-state index is 1.07. The van der Waals surface area contributed by atoms with E-state index in [-0.39, 0.29) is 0 Å². The van der Waals surface area contributed by atoms with Crippen molar-refractivity contribution in [2.45, 2.75) is 0 Å². The van der Waals surface area contributed by atoms with Gasteiger partial charge >= 0.3 is 47.9 Å². The van der Waals surface area contributed by atoms with Gasteiger partial charge in [0.1, 0.15) is 0 Å². The summed E-state index contributed by atoms with van der Waals surface area (Å²) in [6.07, 6.45) is 0. The van der Waals surface area contributed by atoms with Gasteiger partial charge in [0.15, 0.2) is 0 Å². The van der Waals surface area contributed by atoms with Crippen molar-refractivity contribution in [2.75, 3.05) is 7.11 Å². The van der Waals surface area contributed by atoms with Gasteiger partial charge in [-0.05, 0) is 0 Å². The van der Waals surface area contributed by atoms with Crippen LogP contribution in [0.25, 0.3) is 0 Å². The Labute approximate surface area is 48.4 Å². The van der Waals surface area contributed by atoms with Crippen molar-refractivity contribution in [2.24, 2.45) is 0 Å². The SMILES string of the molecule is CO[S](=O)(=[Cu])OO. The van der Waals surface area contributed by atoms with Crippen LogP contribution < -0.4 is 0 Å². The third kappa shape index (κ3) is 3.16. The molecule has 0 aromatic rings. The topological polar surface area (TPSA) is 55.8 Å². The van der Waals surface area contributed by atoms with Crippen LogP contribution in [-0.4, -0.2) is 16.6 Å². The molecule has 6 heteroatoms. The Balaban J connectivity index is 3.89. The van der Waals surface area contributed by atoms with E-state index >= 15 is 0 Å². The Morgan fingerprint density at radius 2 is 2.29 bits per heavy atom. The molecule has 0 bridgehead atoms. The second kappa shape index (κ2) is 2.76. The quantitative estimate of drug-likeness (QED) is 0.356. The van der Waals surface area contributed by atoms with Crippen molar-refractivity contribution in [3.8, 4) is 0 Å². The molecule has 0 aliphatic heterocycles. The predicted molar refractivity (Wildman–Crippen MR) is 18.9 cm³/mol. The molecule has 0 heterocycles. The molecule has 0 aromatic carbocycles. The monoisotopic (exact) mass is 175 g/mol. The Kier molecular flexibility index (Phi) is 2.98. The number of hydrogen-bond acceptors (Lipinski definition) is 4. The van der Waals surface area contributed by atoms with Crippen molar-refractivity contribution in [3.63, 3.8) is 0 Å². The molecule has 0 aromatic heterocycles. The zero-order valence-electron chi connectivity index (χ0n) is 3.38. The Morgan fingerprint density at radius 1 is 1.86 bits per heavy atom. The zero-order valence-corrected chi connectivity index (χ0v) is 5.14. The van der Waals surface area contributed by atoms with E-state index in [1.807, 2.05) is 0 Å². The molecular formula is CH4CuO4S. The number of hydrogen-bond donors (Lipinski definition) is 1. The first kappa shape index (κ1) is 7.55. The third-order valence-electron chi connectivity index (χ3n) is 0.270.